The molecule has 0 fully saturated rings. The molecule has 2 nitrogen and oxygen atoms in total. The van der Waals surface area contributed by atoms with Crippen LogP contribution in [0, 0.1) is 0 Å². The molecule has 2 heterocycles. The van der Waals surface area contributed by atoms with Crippen molar-refractivity contribution in [1.82, 2.24) is 10.3 Å². The summed E-state index contributed by atoms with van der Waals surface area (Å²) in [6, 6.07) is 17.3. The van der Waals surface area contributed by atoms with Gasteiger partial charge in [-0.15, -0.1) is 0 Å². The minimum absolute atomic E-state index is 1.07. The lowest BCUT2D eigenvalue weighted by molar-refractivity contribution is 0.708. The Morgan fingerprint density at radius 3 is 2.55 bits per heavy atom. The molecule has 3 aromatic rings. The van der Waals surface area contributed by atoms with Crippen molar-refractivity contribution in [3.8, 4) is 11.1 Å². The standard InChI is InChI=1S/C18H18N2/c1-2-5-13(6-3-1)14-7-4-8-17-18(14)15-9-11-19-12-10-16(15)20-17/h1-8,19-20H,9-12H2. The Morgan fingerprint density at radius 1 is 0.800 bits per heavy atom. The SMILES string of the molecule is c1ccc(-c2cccc3[nH]c4c(c23)CCNCC4)cc1. The van der Waals surface area contributed by atoms with Crippen molar-refractivity contribution in [2.45, 2.75) is 12.8 Å². The molecule has 100 valence electrons. The quantitative estimate of drug-likeness (QED) is 0.690. The molecular formula is C18H18N2. The van der Waals surface area contributed by atoms with E-state index in [-0.39, 0.29) is 0 Å². The summed E-state index contributed by atoms with van der Waals surface area (Å²) in [5.41, 5.74) is 6.84. The molecule has 2 aromatic carbocycles. The van der Waals surface area contributed by atoms with E-state index in [2.05, 4.69) is 58.8 Å². The third-order valence-electron chi connectivity index (χ3n) is 4.20. The van der Waals surface area contributed by atoms with E-state index in [4.69, 9.17) is 0 Å². The van der Waals surface area contributed by atoms with Gasteiger partial charge in [0.05, 0.1) is 0 Å². The molecule has 1 aromatic heterocycles. The molecule has 0 saturated carbocycles. The van der Waals surface area contributed by atoms with Crippen LogP contribution in [0.1, 0.15) is 11.3 Å². The third kappa shape index (κ3) is 1.84. The number of nitrogens with one attached hydrogen (secondary N) is 2. The van der Waals surface area contributed by atoms with Crippen molar-refractivity contribution >= 4 is 10.9 Å². The van der Waals surface area contributed by atoms with Crippen LogP contribution in [-0.4, -0.2) is 18.1 Å². The lowest BCUT2D eigenvalue weighted by Crippen LogP contribution is -2.16. The summed E-state index contributed by atoms with van der Waals surface area (Å²) in [7, 11) is 0. The maximum atomic E-state index is 3.63. The first-order valence-electron chi connectivity index (χ1n) is 7.32. The van der Waals surface area contributed by atoms with Crippen LogP contribution in [-0.2, 0) is 12.8 Å². The van der Waals surface area contributed by atoms with Gasteiger partial charge in [-0.3, -0.25) is 0 Å². The van der Waals surface area contributed by atoms with E-state index >= 15 is 0 Å². The molecule has 20 heavy (non-hydrogen) atoms. The highest BCUT2D eigenvalue weighted by molar-refractivity contribution is 5.98. The maximum absolute atomic E-state index is 3.63. The van der Waals surface area contributed by atoms with Gasteiger partial charge in [0.1, 0.15) is 0 Å². The van der Waals surface area contributed by atoms with E-state index in [1.807, 2.05) is 0 Å². The second kappa shape index (κ2) is 4.80. The van der Waals surface area contributed by atoms with E-state index in [0.29, 0.717) is 0 Å². The Balaban J connectivity index is 2.00. The largest absolute Gasteiger partial charge is 0.358 e. The lowest BCUT2D eigenvalue weighted by atomic mass is 9.97. The minimum Gasteiger partial charge on any atom is -0.358 e. The van der Waals surface area contributed by atoms with Gasteiger partial charge < -0.3 is 10.3 Å². The van der Waals surface area contributed by atoms with Crippen LogP contribution in [0.3, 0.4) is 0 Å². The zero-order valence-electron chi connectivity index (χ0n) is 11.4. The van der Waals surface area contributed by atoms with Crippen LogP contribution in [0.25, 0.3) is 22.0 Å². The molecule has 4 rings (SSSR count). The number of fused-ring (bicyclic) bond motifs is 3. The lowest BCUT2D eigenvalue weighted by Gasteiger charge is -2.06. The number of aromatic nitrogens is 1. The first-order chi connectivity index (χ1) is 9.93. The summed E-state index contributed by atoms with van der Waals surface area (Å²) in [4.78, 5) is 3.63. The van der Waals surface area contributed by atoms with Crippen LogP contribution in [0.4, 0.5) is 0 Å². The molecule has 0 amide bonds. The summed E-state index contributed by atoms with van der Waals surface area (Å²) in [5.74, 6) is 0. The molecule has 0 radical (unpaired) electrons. The zero-order valence-corrected chi connectivity index (χ0v) is 11.4. The first-order valence-corrected chi connectivity index (χ1v) is 7.32. The van der Waals surface area contributed by atoms with Crippen LogP contribution in [0.2, 0.25) is 0 Å². The van der Waals surface area contributed by atoms with Crippen molar-refractivity contribution in [2.24, 2.45) is 0 Å². The highest BCUT2D eigenvalue weighted by atomic mass is 14.9. The van der Waals surface area contributed by atoms with Crippen molar-refractivity contribution < 1.29 is 0 Å². The van der Waals surface area contributed by atoms with E-state index in [1.165, 1.54) is 33.3 Å². The number of benzene rings is 2. The Hall–Kier alpha value is -2.06. The molecule has 0 aliphatic carbocycles. The number of H-pyrrole nitrogens is 1. The summed E-state index contributed by atoms with van der Waals surface area (Å²) >= 11 is 0. The molecule has 2 heteroatoms. The summed E-state index contributed by atoms with van der Waals surface area (Å²) in [6.45, 7) is 2.14. The van der Waals surface area contributed by atoms with Gasteiger partial charge in [-0.25, -0.2) is 0 Å². The number of hydrogen-bond acceptors (Lipinski definition) is 1. The topological polar surface area (TPSA) is 27.8 Å². The average Bonchev–Trinajstić information content (AvgIpc) is 2.70. The zero-order chi connectivity index (χ0) is 13.4. The first kappa shape index (κ1) is 11.7. The molecule has 0 atom stereocenters. The van der Waals surface area contributed by atoms with Gasteiger partial charge in [0.2, 0.25) is 0 Å². The number of rotatable bonds is 1. The minimum atomic E-state index is 1.07. The van der Waals surface area contributed by atoms with Crippen molar-refractivity contribution in [2.75, 3.05) is 13.1 Å². The summed E-state index contributed by atoms with van der Waals surface area (Å²) in [5, 5.41) is 4.90. The Labute approximate surface area is 118 Å². The summed E-state index contributed by atoms with van der Waals surface area (Å²) < 4.78 is 0. The molecule has 2 N–H and O–H groups in total. The van der Waals surface area contributed by atoms with Crippen molar-refractivity contribution in [1.29, 1.82) is 0 Å². The van der Waals surface area contributed by atoms with Crippen LogP contribution in [0.5, 0.6) is 0 Å². The van der Waals surface area contributed by atoms with Crippen LogP contribution < -0.4 is 5.32 Å². The highest BCUT2D eigenvalue weighted by Crippen LogP contribution is 2.33. The Bertz CT molecular complexity index is 741. The van der Waals surface area contributed by atoms with E-state index in [9.17, 15) is 0 Å². The van der Waals surface area contributed by atoms with E-state index < -0.39 is 0 Å². The average molecular weight is 262 g/mol. The molecule has 0 saturated heterocycles. The van der Waals surface area contributed by atoms with Crippen molar-refractivity contribution in [3.05, 3.63) is 59.8 Å². The number of aromatic amines is 1. The van der Waals surface area contributed by atoms with Gasteiger partial charge in [-0.05, 0) is 35.7 Å². The van der Waals surface area contributed by atoms with Crippen LogP contribution in [0.15, 0.2) is 48.5 Å². The Kier molecular flexibility index (Phi) is 2.82. The number of hydrogen-bond donors (Lipinski definition) is 2. The normalized spacial score (nSPS) is 15.0. The smallest absolute Gasteiger partial charge is 0.0465 e. The van der Waals surface area contributed by atoms with Gasteiger partial charge in [0.15, 0.2) is 0 Å². The summed E-state index contributed by atoms with van der Waals surface area (Å²) in [6.07, 6.45) is 2.21. The Morgan fingerprint density at radius 2 is 1.65 bits per heavy atom. The molecule has 0 bridgehead atoms. The van der Waals surface area contributed by atoms with Crippen LogP contribution >= 0.6 is 0 Å². The predicted molar refractivity (Wildman–Crippen MR) is 84.0 cm³/mol. The highest BCUT2D eigenvalue weighted by Gasteiger charge is 2.16. The monoisotopic (exact) mass is 262 g/mol. The molecule has 1 aliphatic rings. The van der Waals surface area contributed by atoms with Gasteiger partial charge in [-0.2, -0.15) is 0 Å². The van der Waals surface area contributed by atoms with Crippen molar-refractivity contribution in [3.63, 3.8) is 0 Å². The van der Waals surface area contributed by atoms with Gasteiger partial charge in [0, 0.05) is 29.6 Å². The third-order valence-corrected chi connectivity index (χ3v) is 4.20. The van der Waals surface area contributed by atoms with Gasteiger partial charge in [-0.1, -0.05) is 42.5 Å². The molecule has 0 spiro atoms. The predicted octanol–water partition coefficient (Wildman–Crippen LogP) is 3.52. The molecule has 0 unspecified atom stereocenters. The fourth-order valence-corrected chi connectivity index (χ4v) is 3.27. The second-order valence-electron chi connectivity index (χ2n) is 5.43. The fraction of sp³-hybridized carbons (Fsp3) is 0.222. The maximum Gasteiger partial charge on any atom is 0.0465 e. The van der Waals surface area contributed by atoms with Gasteiger partial charge >= 0.3 is 0 Å². The molecule has 1 aliphatic heterocycles. The van der Waals surface area contributed by atoms with E-state index in [0.717, 1.165) is 25.9 Å². The fourth-order valence-electron chi connectivity index (χ4n) is 3.27. The molecular weight excluding hydrogens is 244 g/mol. The second-order valence-corrected chi connectivity index (χ2v) is 5.43. The van der Waals surface area contributed by atoms with Gasteiger partial charge in [0.25, 0.3) is 0 Å². The van der Waals surface area contributed by atoms with E-state index in [1.54, 1.807) is 0 Å².